The van der Waals surface area contributed by atoms with Crippen molar-refractivity contribution in [3.05, 3.63) is 28.3 Å². The maximum atomic E-state index is 11.6. The number of nitrogens with one attached hydrogen (secondary N) is 1. The molecule has 0 radical (unpaired) electrons. The number of amides is 1. The standard InChI is InChI=1S/C10H11Cl2NO3S/c1-3-13-10(14)7-4-8(11)6(2)9(5-7)17(12,15)16/h4-5H,3H2,1-2H3,(H,13,14). The average molecular weight is 296 g/mol. The Kier molecular flexibility index (Phi) is 4.41. The molecule has 7 heteroatoms. The number of carbonyl (C=O) groups excluding carboxylic acids is 1. The molecule has 1 aromatic rings. The maximum absolute atomic E-state index is 11.6. The molecule has 1 amide bonds. The van der Waals surface area contributed by atoms with Gasteiger partial charge in [-0.2, -0.15) is 0 Å². The first-order chi connectivity index (χ1) is 7.77. The topological polar surface area (TPSA) is 63.2 Å². The van der Waals surface area contributed by atoms with Gasteiger partial charge >= 0.3 is 0 Å². The molecule has 1 rings (SSSR count). The summed E-state index contributed by atoms with van der Waals surface area (Å²) in [5, 5.41) is 2.74. The lowest BCUT2D eigenvalue weighted by molar-refractivity contribution is 0.0955. The van der Waals surface area contributed by atoms with Crippen LogP contribution in [0.1, 0.15) is 22.8 Å². The van der Waals surface area contributed by atoms with Crippen LogP contribution >= 0.6 is 22.3 Å². The fourth-order valence-corrected chi connectivity index (χ4v) is 2.80. The van der Waals surface area contributed by atoms with E-state index in [1.54, 1.807) is 6.92 Å². The van der Waals surface area contributed by atoms with Gasteiger partial charge in [-0.3, -0.25) is 4.79 Å². The molecule has 0 aliphatic rings. The Bertz CT molecular complexity index is 555. The minimum atomic E-state index is -3.92. The van der Waals surface area contributed by atoms with Gasteiger partial charge in [0.2, 0.25) is 0 Å². The van der Waals surface area contributed by atoms with Crippen molar-refractivity contribution in [1.29, 1.82) is 0 Å². The predicted octanol–water partition coefficient (Wildman–Crippen LogP) is 2.33. The lowest BCUT2D eigenvalue weighted by atomic mass is 10.1. The van der Waals surface area contributed by atoms with Gasteiger partial charge in [0, 0.05) is 27.8 Å². The van der Waals surface area contributed by atoms with Gasteiger partial charge in [0.05, 0.1) is 4.90 Å². The molecule has 0 atom stereocenters. The highest BCUT2D eigenvalue weighted by molar-refractivity contribution is 8.13. The van der Waals surface area contributed by atoms with Crippen molar-refractivity contribution >= 4 is 37.2 Å². The van der Waals surface area contributed by atoms with Gasteiger partial charge in [-0.25, -0.2) is 8.42 Å². The van der Waals surface area contributed by atoms with Gasteiger partial charge in [0.25, 0.3) is 15.0 Å². The summed E-state index contributed by atoms with van der Waals surface area (Å²) < 4.78 is 22.6. The van der Waals surface area contributed by atoms with Crippen LogP contribution in [0.15, 0.2) is 17.0 Å². The number of hydrogen-bond acceptors (Lipinski definition) is 3. The number of hydrogen-bond donors (Lipinski definition) is 1. The molecule has 0 spiro atoms. The van der Waals surface area contributed by atoms with Crippen LogP contribution in [0.5, 0.6) is 0 Å². The first kappa shape index (κ1) is 14.3. The van der Waals surface area contributed by atoms with Crippen LogP contribution in [0.2, 0.25) is 5.02 Å². The van der Waals surface area contributed by atoms with Crippen LogP contribution in [-0.2, 0) is 9.05 Å². The molecule has 0 aliphatic heterocycles. The fraction of sp³-hybridized carbons (Fsp3) is 0.300. The van der Waals surface area contributed by atoms with Crippen LogP contribution < -0.4 is 5.32 Å². The van der Waals surface area contributed by atoms with Crippen LogP contribution in [0.25, 0.3) is 0 Å². The zero-order valence-electron chi connectivity index (χ0n) is 9.25. The second-order valence-electron chi connectivity index (χ2n) is 3.38. The van der Waals surface area contributed by atoms with Crippen LogP contribution in [0.4, 0.5) is 0 Å². The molecule has 0 bridgehead atoms. The zero-order valence-corrected chi connectivity index (χ0v) is 11.6. The number of carbonyl (C=O) groups is 1. The van der Waals surface area contributed by atoms with E-state index >= 15 is 0 Å². The molecule has 0 saturated heterocycles. The third kappa shape index (κ3) is 3.34. The lowest BCUT2D eigenvalue weighted by Gasteiger charge is -2.08. The van der Waals surface area contributed by atoms with Crippen molar-refractivity contribution in [2.24, 2.45) is 0 Å². The van der Waals surface area contributed by atoms with E-state index in [4.69, 9.17) is 22.3 Å². The van der Waals surface area contributed by atoms with Crippen molar-refractivity contribution in [2.75, 3.05) is 6.54 Å². The molecule has 0 saturated carbocycles. The smallest absolute Gasteiger partial charge is 0.261 e. The molecule has 94 valence electrons. The van der Waals surface area contributed by atoms with Gasteiger partial charge in [-0.1, -0.05) is 11.6 Å². The van der Waals surface area contributed by atoms with E-state index in [2.05, 4.69) is 5.32 Å². The predicted molar refractivity (Wildman–Crippen MR) is 67.2 cm³/mol. The summed E-state index contributed by atoms with van der Waals surface area (Å²) in [6, 6.07) is 2.63. The van der Waals surface area contributed by atoms with E-state index in [9.17, 15) is 13.2 Å². The molecule has 4 nitrogen and oxygen atoms in total. The molecule has 0 heterocycles. The van der Waals surface area contributed by atoms with Gasteiger partial charge in [-0.05, 0) is 31.5 Å². The van der Waals surface area contributed by atoms with E-state index in [1.165, 1.54) is 19.1 Å². The number of halogens is 2. The van der Waals surface area contributed by atoms with E-state index in [0.717, 1.165) is 0 Å². The minimum absolute atomic E-state index is 0.145. The van der Waals surface area contributed by atoms with Crippen molar-refractivity contribution in [2.45, 2.75) is 18.7 Å². The van der Waals surface area contributed by atoms with Crippen molar-refractivity contribution in [1.82, 2.24) is 5.32 Å². The fourth-order valence-electron chi connectivity index (χ4n) is 1.30. The summed E-state index contributed by atoms with van der Waals surface area (Å²) in [7, 11) is 1.35. The van der Waals surface area contributed by atoms with Crippen LogP contribution in [0, 0.1) is 6.92 Å². The lowest BCUT2D eigenvalue weighted by Crippen LogP contribution is -2.23. The zero-order chi connectivity index (χ0) is 13.2. The Hall–Kier alpha value is -0.780. The Balaban J connectivity index is 3.39. The second-order valence-corrected chi connectivity index (χ2v) is 6.32. The van der Waals surface area contributed by atoms with Gasteiger partial charge in [-0.15, -0.1) is 0 Å². The summed E-state index contributed by atoms with van der Waals surface area (Å²) in [6.45, 7) is 3.72. The molecule has 17 heavy (non-hydrogen) atoms. The Morgan fingerprint density at radius 1 is 1.41 bits per heavy atom. The second kappa shape index (κ2) is 5.25. The third-order valence-electron chi connectivity index (χ3n) is 2.16. The van der Waals surface area contributed by atoms with E-state index < -0.39 is 15.0 Å². The first-order valence-electron chi connectivity index (χ1n) is 4.80. The normalized spacial score (nSPS) is 11.3. The molecule has 0 aromatic heterocycles. The molecule has 1 aromatic carbocycles. The highest BCUT2D eigenvalue weighted by atomic mass is 35.7. The first-order valence-corrected chi connectivity index (χ1v) is 7.49. The third-order valence-corrected chi connectivity index (χ3v) is 4.00. The van der Waals surface area contributed by atoms with Crippen molar-refractivity contribution in [3.8, 4) is 0 Å². The Labute approximate surface area is 109 Å². The van der Waals surface area contributed by atoms with E-state index in [0.29, 0.717) is 12.1 Å². The number of benzene rings is 1. The monoisotopic (exact) mass is 295 g/mol. The quantitative estimate of drug-likeness (QED) is 0.871. The molecule has 0 aliphatic carbocycles. The van der Waals surface area contributed by atoms with Crippen molar-refractivity contribution in [3.63, 3.8) is 0 Å². The van der Waals surface area contributed by atoms with Gasteiger partial charge < -0.3 is 5.32 Å². The maximum Gasteiger partial charge on any atom is 0.261 e. The highest BCUT2D eigenvalue weighted by Gasteiger charge is 2.19. The molecular weight excluding hydrogens is 285 g/mol. The van der Waals surface area contributed by atoms with Gasteiger partial charge in [0.15, 0.2) is 0 Å². The largest absolute Gasteiger partial charge is 0.352 e. The Morgan fingerprint density at radius 3 is 2.47 bits per heavy atom. The Morgan fingerprint density at radius 2 is 2.00 bits per heavy atom. The van der Waals surface area contributed by atoms with Crippen molar-refractivity contribution < 1.29 is 13.2 Å². The molecule has 0 fully saturated rings. The highest BCUT2D eigenvalue weighted by Crippen LogP contribution is 2.27. The summed E-state index contributed by atoms with van der Waals surface area (Å²) >= 11 is 5.87. The number of rotatable bonds is 3. The summed E-state index contributed by atoms with van der Waals surface area (Å²) in [6.07, 6.45) is 0. The SMILES string of the molecule is CCNC(=O)c1cc(Cl)c(C)c(S(=O)(=O)Cl)c1. The van der Waals surface area contributed by atoms with Crippen LogP contribution in [-0.4, -0.2) is 20.9 Å². The summed E-state index contributed by atoms with van der Waals surface area (Å²) in [5.74, 6) is -0.393. The van der Waals surface area contributed by atoms with E-state index in [-0.39, 0.29) is 15.5 Å². The van der Waals surface area contributed by atoms with Gasteiger partial charge in [0.1, 0.15) is 0 Å². The van der Waals surface area contributed by atoms with Crippen LogP contribution in [0.3, 0.4) is 0 Å². The van der Waals surface area contributed by atoms with E-state index in [1.807, 2.05) is 0 Å². The molecule has 0 unspecified atom stereocenters. The molecular formula is C10H11Cl2NO3S. The average Bonchev–Trinajstić information content (AvgIpc) is 2.20. The minimum Gasteiger partial charge on any atom is -0.352 e. The molecule has 1 N–H and O–H groups in total. The summed E-state index contributed by atoms with van der Waals surface area (Å²) in [5.41, 5.74) is 0.497. The summed E-state index contributed by atoms with van der Waals surface area (Å²) in [4.78, 5) is 11.4.